The lowest BCUT2D eigenvalue weighted by molar-refractivity contribution is -0.148. The third-order valence-corrected chi connectivity index (χ3v) is 7.50. The molecule has 172 valence electrons. The van der Waals surface area contributed by atoms with Crippen LogP contribution in [0.15, 0.2) is 65.6 Å². The molecule has 0 bridgehead atoms. The van der Waals surface area contributed by atoms with E-state index in [2.05, 4.69) is 14.9 Å². The molecule has 7 nitrogen and oxygen atoms in total. The molecule has 34 heavy (non-hydrogen) atoms. The van der Waals surface area contributed by atoms with Crippen LogP contribution in [0, 0.1) is 5.41 Å². The summed E-state index contributed by atoms with van der Waals surface area (Å²) >= 11 is 0. The Morgan fingerprint density at radius 2 is 1.68 bits per heavy atom. The summed E-state index contributed by atoms with van der Waals surface area (Å²) in [5, 5.41) is 0.999. The standard InChI is InChI=1S/C27H27N5O2/c33-25-16-19(20-6-1-2-7-21(20)30-25)18-32-13-5-10-27(26(32)34)11-14-31(15-12-27)24-17-28-22-8-3-4-9-23(22)29-24/h1-4,6-9,16-17H,5,10-15,18H2,(H,30,33). The van der Waals surface area contributed by atoms with Gasteiger partial charge in [-0.25, -0.2) is 4.98 Å². The Kier molecular flexibility index (Phi) is 5.05. The fourth-order valence-electron chi connectivity index (χ4n) is 5.64. The van der Waals surface area contributed by atoms with E-state index in [4.69, 9.17) is 4.98 Å². The van der Waals surface area contributed by atoms with Gasteiger partial charge in [-0.15, -0.1) is 0 Å². The van der Waals surface area contributed by atoms with Crippen LogP contribution in [0.4, 0.5) is 5.82 Å². The number of nitrogens with one attached hydrogen (secondary N) is 1. The SMILES string of the molecule is O=C1N(Cc2cc(=O)[nH]c3ccccc23)CCCC12CCN(c1cnc3ccccc3n1)CC2. The number of anilines is 1. The maximum Gasteiger partial charge on any atom is 0.248 e. The van der Waals surface area contributed by atoms with Crippen molar-refractivity contribution in [3.63, 3.8) is 0 Å². The van der Waals surface area contributed by atoms with E-state index in [9.17, 15) is 9.59 Å². The zero-order valence-electron chi connectivity index (χ0n) is 19.0. The van der Waals surface area contributed by atoms with Gasteiger partial charge in [0.15, 0.2) is 0 Å². The smallest absolute Gasteiger partial charge is 0.248 e. The van der Waals surface area contributed by atoms with Crippen LogP contribution >= 0.6 is 0 Å². The number of nitrogens with zero attached hydrogens (tertiary/aromatic N) is 4. The Labute approximate surface area is 197 Å². The van der Waals surface area contributed by atoms with Crippen molar-refractivity contribution in [2.45, 2.75) is 32.2 Å². The number of hydrogen-bond acceptors (Lipinski definition) is 5. The van der Waals surface area contributed by atoms with E-state index in [1.54, 1.807) is 6.07 Å². The number of piperidine rings is 2. The van der Waals surface area contributed by atoms with Gasteiger partial charge in [-0.05, 0) is 49.4 Å². The summed E-state index contributed by atoms with van der Waals surface area (Å²) in [6.45, 7) is 2.80. The number of aromatic nitrogens is 3. The number of amides is 1. The molecular weight excluding hydrogens is 426 g/mol. The number of hydrogen-bond donors (Lipinski definition) is 1. The van der Waals surface area contributed by atoms with Crippen molar-refractivity contribution in [1.29, 1.82) is 0 Å². The van der Waals surface area contributed by atoms with Crippen molar-refractivity contribution in [2.24, 2.45) is 5.41 Å². The first-order valence-electron chi connectivity index (χ1n) is 12.0. The number of likely N-dealkylation sites (tertiary alicyclic amines) is 1. The monoisotopic (exact) mass is 453 g/mol. The highest BCUT2D eigenvalue weighted by molar-refractivity contribution is 5.86. The van der Waals surface area contributed by atoms with Gasteiger partial charge in [0, 0.05) is 43.1 Å². The van der Waals surface area contributed by atoms with E-state index in [1.165, 1.54) is 0 Å². The maximum absolute atomic E-state index is 13.7. The molecule has 2 aromatic carbocycles. The number of H-pyrrole nitrogens is 1. The van der Waals surface area contributed by atoms with Crippen LogP contribution in [0.25, 0.3) is 21.9 Å². The van der Waals surface area contributed by atoms with Crippen LogP contribution in [0.5, 0.6) is 0 Å². The Balaban J connectivity index is 1.21. The Morgan fingerprint density at radius 3 is 2.53 bits per heavy atom. The number of benzene rings is 2. The molecule has 0 atom stereocenters. The van der Waals surface area contributed by atoms with E-state index in [-0.39, 0.29) is 16.9 Å². The second-order valence-corrected chi connectivity index (χ2v) is 9.52. The second kappa shape index (κ2) is 8.24. The quantitative estimate of drug-likeness (QED) is 0.509. The molecule has 6 rings (SSSR count). The first-order valence-corrected chi connectivity index (χ1v) is 12.0. The molecular formula is C27H27N5O2. The van der Waals surface area contributed by atoms with Crippen molar-refractivity contribution in [1.82, 2.24) is 19.9 Å². The number of carbonyl (C=O) groups excluding carboxylic acids is 1. The van der Waals surface area contributed by atoms with Crippen molar-refractivity contribution in [2.75, 3.05) is 24.5 Å². The molecule has 1 amide bonds. The summed E-state index contributed by atoms with van der Waals surface area (Å²) in [7, 11) is 0. The average Bonchev–Trinajstić information content (AvgIpc) is 2.87. The molecule has 2 saturated heterocycles. The third-order valence-electron chi connectivity index (χ3n) is 7.50. The zero-order valence-corrected chi connectivity index (χ0v) is 19.0. The molecule has 1 N–H and O–H groups in total. The van der Waals surface area contributed by atoms with Crippen LogP contribution in [-0.4, -0.2) is 45.4 Å². The van der Waals surface area contributed by atoms with Crippen molar-refractivity contribution in [3.8, 4) is 0 Å². The Bertz CT molecular complexity index is 1440. The highest BCUT2D eigenvalue weighted by atomic mass is 16.2. The van der Waals surface area contributed by atoms with Gasteiger partial charge in [0.25, 0.3) is 0 Å². The highest BCUT2D eigenvalue weighted by Gasteiger charge is 2.45. The van der Waals surface area contributed by atoms with Crippen molar-refractivity contribution >= 4 is 33.7 Å². The topological polar surface area (TPSA) is 82.2 Å². The summed E-state index contributed by atoms with van der Waals surface area (Å²) in [6, 6.07) is 17.3. The van der Waals surface area contributed by atoms with Gasteiger partial charge in [0.05, 0.1) is 22.6 Å². The molecule has 2 fully saturated rings. The number of rotatable bonds is 3. The van der Waals surface area contributed by atoms with Gasteiger partial charge in [0.1, 0.15) is 5.82 Å². The molecule has 0 aliphatic carbocycles. The molecule has 2 aromatic heterocycles. The van der Waals surface area contributed by atoms with Crippen molar-refractivity contribution < 1.29 is 4.79 Å². The van der Waals surface area contributed by atoms with Crippen LogP contribution in [-0.2, 0) is 11.3 Å². The lowest BCUT2D eigenvalue weighted by atomic mass is 9.71. The van der Waals surface area contributed by atoms with Gasteiger partial charge < -0.3 is 14.8 Å². The number of carbonyl (C=O) groups is 1. The summed E-state index contributed by atoms with van der Waals surface area (Å²) in [5.74, 6) is 1.11. The number of fused-ring (bicyclic) bond motifs is 2. The van der Waals surface area contributed by atoms with E-state index in [0.717, 1.165) is 78.6 Å². The summed E-state index contributed by atoms with van der Waals surface area (Å²) in [5.41, 5.74) is 3.06. The fraction of sp³-hybridized carbons (Fsp3) is 0.333. The van der Waals surface area contributed by atoms with E-state index >= 15 is 0 Å². The molecule has 0 radical (unpaired) electrons. The second-order valence-electron chi connectivity index (χ2n) is 9.52. The summed E-state index contributed by atoms with van der Waals surface area (Å²) in [4.78, 5) is 42.4. The Morgan fingerprint density at radius 1 is 0.912 bits per heavy atom. The first kappa shape index (κ1) is 20.8. The van der Waals surface area contributed by atoms with Gasteiger partial charge in [-0.1, -0.05) is 30.3 Å². The molecule has 1 spiro atoms. The van der Waals surface area contributed by atoms with E-state index in [1.807, 2.05) is 59.6 Å². The highest BCUT2D eigenvalue weighted by Crippen LogP contribution is 2.42. The van der Waals surface area contributed by atoms with Crippen LogP contribution in [0.2, 0.25) is 0 Å². The summed E-state index contributed by atoms with van der Waals surface area (Å²) in [6.07, 6.45) is 5.38. The Hall–Kier alpha value is -3.74. The van der Waals surface area contributed by atoms with Gasteiger partial charge in [-0.3, -0.25) is 14.6 Å². The van der Waals surface area contributed by atoms with Gasteiger partial charge in [0.2, 0.25) is 11.5 Å². The van der Waals surface area contributed by atoms with E-state index in [0.29, 0.717) is 6.54 Å². The van der Waals surface area contributed by atoms with Crippen molar-refractivity contribution in [3.05, 3.63) is 76.7 Å². The molecule has 0 saturated carbocycles. The predicted molar refractivity (Wildman–Crippen MR) is 133 cm³/mol. The fourth-order valence-corrected chi connectivity index (χ4v) is 5.64. The maximum atomic E-state index is 13.7. The van der Waals surface area contributed by atoms with Crippen LogP contribution < -0.4 is 10.5 Å². The van der Waals surface area contributed by atoms with Crippen LogP contribution in [0.1, 0.15) is 31.2 Å². The minimum Gasteiger partial charge on any atom is -0.355 e. The van der Waals surface area contributed by atoms with E-state index < -0.39 is 0 Å². The molecule has 4 aromatic rings. The minimum atomic E-state index is -0.323. The molecule has 4 heterocycles. The zero-order chi connectivity index (χ0) is 23.1. The first-order chi connectivity index (χ1) is 16.6. The van der Waals surface area contributed by atoms with Gasteiger partial charge >= 0.3 is 0 Å². The lowest BCUT2D eigenvalue weighted by Gasteiger charge is -2.46. The lowest BCUT2D eigenvalue weighted by Crippen LogP contribution is -2.53. The number of para-hydroxylation sites is 3. The third kappa shape index (κ3) is 3.61. The number of pyridine rings is 1. The summed E-state index contributed by atoms with van der Waals surface area (Å²) < 4.78 is 0. The molecule has 0 unspecified atom stereocenters. The largest absolute Gasteiger partial charge is 0.355 e. The molecule has 2 aliphatic heterocycles. The molecule has 7 heteroatoms. The minimum absolute atomic E-state index is 0.127. The normalized spacial score (nSPS) is 18.2. The van der Waals surface area contributed by atoms with Gasteiger partial charge in [-0.2, -0.15) is 0 Å². The molecule has 2 aliphatic rings. The predicted octanol–water partition coefficient (Wildman–Crippen LogP) is 3.88. The average molecular weight is 454 g/mol. The van der Waals surface area contributed by atoms with Crippen LogP contribution in [0.3, 0.4) is 0 Å². The number of aromatic amines is 1.